The van der Waals surface area contributed by atoms with Gasteiger partial charge in [-0.1, -0.05) is 316 Å². The molecule has 0 aromatic heterocycles. The number of phosphoric ester groups is 2. The van der Waals surface area contributed by atoms with Crippen molar-refractivity contribution in [1.82, 2.24) is 0 Å². The van der Waals surface area contributed by atoms with Crippen molar-refractivity contribution < 1.29 is 80.2 Å². The SMILES string of the molecule is CCCCCC/C=C\C=C/CCCCCCCC(=O)OC[C@H](COP(=O)(O)OC[C@@H](O)COP(=O)(O)OC[C@@H](COC(=O)CCCCCCCCCC(C)C)OC(=O)CCCCCCCCCCCCC(C)CC)OC(=O)CCCCCCCCCCCCCCCCCC. The minimum Gasteiger partial charge on any atom is -0.462 e. The Morgan fingerprint density at radius 1 is 0.347 bits per heavy atom. The first kappa shape index (κ1) is 92.5. The minimum atomic E-state index is -4.96. The number of allylic oxidation sites excluding steroid dienone is 4. The maximum Gasteiger partial charge on any atom is 0.472 e. The van der Waals surface area contributed by atoms with Crippen molar-refractivity contribution in [3.63, 3.8) is 0 Å². The van der Waals surface area contributed by atoms with E-state index in [1.807, 2.05) is 0 Å². The molecule has 0 heterocycles. The van der Waals surface area contributed by atoms with Crippen LogP contribution in [0.1, 0.15) is 369 Å². The molecule has 0 fully saturated rings. The van der Waals surface area contributed by atoms with Gasteiger partial charge in [0.05, 0.1) is 26.4 Å². The standard InChI is InChI=1S/C76H144O17P2/c1-7-10-12-14-16-18-20-22-24-26-28-30-35-41-48-54-60-75(80)92-71(64-86-73(78)58-52-46-40-34-29-27-25-23-21-19-17-15-13-11-8-2)66-90-94(82,83)88-62-70(77)63-89-95(84,85)91-67-72(65-87-74(79)59-53-47-43-37-38-44-50-56-68(4)5)93-76(81)61-55-49-42-36-32-31-33-39-45-51-57-69(6)9-3/h19,21,23,25,68-72,77H,7-18,20,22,24,26-67H2,1-6H3,(H,82,83)(H,84,85)/b21-19-,25-23-/t69?,70-,71-,72-/m1/s1. The van der Waals surface area contributed by atoms with Crippen LogP contribution in [0.3, 0.4) is 0 Å². The summed E-state index contributed by atoms with van der Waals surface area (Å²) < 4.78 is 68.5. The van der Waals surface area contributed by atoms with Crippen molar-refractivity contribution in [3.8, 4) is 0 Å². The molecule has 0 aliphatic carbocycles. The Morgan fingerprint density at radius 3 is 0.947 bits per heavy atom. The lowest BCUT2D eigenvalue weighted by Gasteiger charge is -2.21. The zero-order valence-electron chi connectivity index (χ0n) is 61.5. The van der Waals surface area contributed by atoms with Crippen LogP contribution in [0.15, 0.2) is 24.3 Å². The van der Waals surface area contributed by atoms with E-state index >= 15 is 0 Å². The fourth-order valence-electron chi connectivity index (χ4n) is 11.1. The number of ether oxygens (including phenoxy) is 4. The summed E-state index contributed by atoms with van der Waals surface area (Å²) in [5.74, 6) is -0.642. The molecule has 3 unspecified atom stereocenters. The van der Waals surface area contributed by atoms with Crippen LogP contribution in [-0.4, -0.2) is 96.7 Å². The Balaban J connectivity index is 5.29. The number of unbranched alkanes of at least 4 members (excludes halogenated alkanes) is 39. The molecule has 0 bridgehead atoms. The minimum absolute atomic E-state index is 0.101. The van der Waals surface area contributed by atoms with Gasteiger partial charge in [0.25, 0.3) is 0 Å². The maximum absolute atomic E-state index is 13.1. The smallest absolute Gasteiger partial charge is 0.462 e. The number of carbonyl (C=O) groups is 4. The Bertz CT molecular complexity index is 1930. The highest BCUT2D eigenvalue weighted by atomic mass is 31.2. The molecular weight excluding hydrogens is 1250 g/mol. The van der Waals surface area contributed by atoms with Crippen LogP contribution in [0.5, 0.6) is 0 Å². The Morgan fingerprint density at radius 2 is 0.621 bits per heavy atom. The zero-order chi connectivity index (χ0) is 70.0. The van der Waals surface area contributed by atoms with Gasteiger partial charge < -0.3 is 33.8 Å². The van der Waals surface area contributed by atoms with Crippen molar-refractivity contribution in [3.05, 3.63) is 24.3 Å². The van der Waals surface area contributed by atoms with Crippen LogP contribution in [0.25, 0.3) is 0 Å². The van der Waals surface area contributed by atoms with Crippen molar-refractivity contribution in [1.29, 1.82) is 0 Å². The molecule has 3 N–H and O–H groups in total. The van der Waals surface area contributed by atoms with Crippen LogP contribution in [0.4, 0.5) is 0 Å². The topological polar surface area (TPSA) is 237 Å². The van der Waals surface area contributed by atoms with Crippen LogP contribution in [-0.2, 0) is 65.4 Å². The molecule has 0 saturated heterocycles. The monoisotopic (exact) mass is 1390 g/mol. The summed E-state index contributed by atoms with van der Waals surface area (Å²) in [7, 11) is -9.92. The molecule has 0 aliphatic heterocycles. The number of aliphatic hydroxyl groups is 1. The molecule has 0 rings (SSSR count). The molecular formula is C76H144O17P2. The molecule has 0 aromatic rings. The second-order valence-corrected chi connectivity index (χ2v) is 30.3. The first-order valence-electron chi connectivity index (χ1n) is 38.8. The average molecular weight is 1390 g/mol. The van der Waals surface area contributed by atoms with Crippen molar-refractivity contribution in [2.45, 2.75) is 387 Å². The van der Waals surface area contributed by atoms with Crippen LogP contribution < -0.4 is 0 Å². The van der Waals surface area contributed by atoms with E-state index in [-0.39, 0.29) is 25.7 Å². The number of hydrogen-bond donors (Lipinski definition) is 3. The molecule has 17 nitrogen and oxygen atoms in total. The lowest BCUT2D eigenvalue weighted by atomic mass is 9.99. The van der Waals surface area contributed by atoms with E-state index in [0.29, 0.717) is 31.6 Å². The maximum atomic E-state index is 13.1. The first-order valence-corrected chi connectivity index (χ1v) is 41.8. The second-order valence-electron chi connectivity index (χ2n) is 27.4. The van der Waals surface area contributed by atoms with E-state index in [1.54, 1.807) is 0 Å². The first-order chi connectivity index (χ1) is 45.9. The summed E-state index contributed by atoms with van der Waals surface area (Å²) in [6.45, 7) is 9.50. The van der Waals surface area contributed by atoms with Gasteiger partial charge in [0.15, 0.2) is 12.2 Å². The zero-order valence-corrected chi connectivity index (χ0v) is 63.2. The number of aliphatic hydroxyl groups excluding tert-OH is 1. The lowest BCUT2D eigenvalue weighted by Crippen LogP contribution is -2.30. The second kappa shape index (κ2) is 67.4. The van der Waals surface area contributed by atoms with E-state index in [2.05, 4.69) is 65.8 Å². The highest BCUT2D eigenvalue weighted by molar-refractivity contribution is 7.47. The molecule has 0 amide bonds. The molecule has 95 heavy (non-hydrogen) atoms. The highest BCUT2D eigenvalue weighted by Crippen LogP contribution is 2.45. The van der Waals surface area contributed by atoms with Gasteiger partial charge in [-0.3, -0.25) is 37.3 Å². The molecule has 0 radical (unpaired) electrons. The van der Waals surface area contributed by atoms with E-state index in [9.17, 15) is 43.2 Å². The highest BCUT2D eigenvalue weighted by Gasteiger charge is 2.30. The van der Waals surface area contributed by atoms with Gasteiger partial charge in [0, 0.05) is 25.7 Å². The van der Waals surface area contributed by atoms with Gasteiger partial charge in [0.1, 0.15) is 19.3 Å². The van der Waals surface area contributed by atoms with Gasteiger partial charge in [-0.15, -0.1) is 0 Å². The molecule has 0 aliphatic rings. The van der Waals surface area contributed by atoms with Crippen LogP contribution in [0, 0.1) is 11.8 Å². The summed E-state index contributed by atoms with van der Waals surface area (Å²) in [6.07, 6.45) is 57.6. The third-order valence-electron chi connectivity index (χ3n) is 17.4. The summed E-state index contributed by atoms with van der Waals surface area (Å²) >= 11 is 0. The molecule has 0 saturated carbocycles. The predicted molar refractivity (Wildman–Crippen MR) is 386 cm³/mol. The summed E-state index contributed by atoms with van der Waals surface area (Å²) in [4.78, 5) is 72.8. The van der Waals surface area contributed by atoms with Crippen molar-refractivity contribution >= 4 is 39.5 Å². The van der Waals surface area contributed by atoms with Gasteiger partial charge in [-0.25, -0.2) is 9.13 Å². The van der Waals surface area contributed by atoms with E-state index in [4.69, 9.17) is 37.0 Å². The largest absolute Gasteiger partial charge is 0.472 e. The summed E-state index contributed by atoms with van der Waals surface area (Å²) in [5.41, 5.74) is 0. The van der Waals surface area contributed by atoms with Crippen LogP contribution in [0.2, 0.25) is 0 Å². The number of hydrogen-bond acceptors (Lipinski definition) is 15. The number of carbonyl (C=O) groups excluding carboxylic acids is 4. The number of rotatable bonds is 73. The number of esters is 4. The predicted octanol–water partition coefficient (Wildman–Crippen LogP) is 21.9. The molecule has 6 atom stereocenters. The van der Waals surface area contributed by atoms with Gasteiger partial charge in [-0.05, 0) is 63.2 Å². The van der Waals surface area contributed by atoms with E-state index in [0.717, 1.165) is 121 Å². The molecule has 560 valence electrons. The van der Waals surface area contributed by atoms with E-state index in [1.165, 1.54) is 161 Å². The quantitative estimate of drug-likeness (QED) is 0.0169. The van der Waals surface area contributed by atoms with Crippen LogP contribution >= 0.6 is 15.6 Å². The van der Waals surface area contributed by atoms with Crippen molar-refractivity contribution in [2.24, 2.45) is 11.8 Å². The van der Waals surface area contributed by atoms with E-state index < -0.39 is 97.5 Å². The molecule has 0 aromatic carbocycles. The fourth-order valence-corrected chi connectivity index (χ4v) is 12.7. The van der Waals surface area contributed by atoms with Gasteiger partial charge >= 0.3 is 39.5 Å². The normalized spacial score (nSPS) is 14.5. The van der Waals surface area contributed by atoms with Gasteiger partial charge in [-0.2, -0.15) is 0 Å². The molecule has 19 heteroatoms. The Kier molecular flexibility index (Phi) is 65.6. The lowest BCUT2D eigenvalue weighted by molar-refractivity contribution is -0.161. The Hall–Kier alpha value is -2.46. The Labute approximate surface area is 580 Å². The average Bonchev–Trinajstić information content (AvgIpc) is 3.50. The summed E-state index contributed by atoms with van der Waals surface area (Å²) in [6, 6.07) is 0. The fraction of sp³-hybridized carbons (Fsp3) is 0.895. The molecule has 0 spiro atoms. The third-order valence-corrected chi connectivity index (χ3v) is 19.3. The summed E-state index contributed by atoms with van der Waals surface area (Å²) in [5, 5.41) is 10.6. The number of phosphoric acid groups is 2. The van der Waals surface area contributed by atoms with Gasteiger partial charge in [0.2, 0.25) is 0 Å². The third kappa shape index (κ3) is 68.5. The van der Waals surface area contributed by atoms with Crippen molar-refractivity contribution in [2.75, 3.05) is 39.6 Å².